The summed E-state index contributed by atoms with van der Waals surface area (Å²) in [7, 11) is 0. The Morgan fingerprint density at radius 2 is 2.25 bits per heavy atom. The van der Waals surface area contributed by atoms with Crippen LogP contribution in [0.4, 0.5) is 0 Å². The van der Waals surface area contributed by atoms with Gasteiger partial charge in [-0.2, -0.15) is 0 Å². The molecule has 2 aromatic heterocycles. The van der Waals surface area contributed by atoms with Gasteiger partial charge in [0.2, 0.25) is 0 Å². The van der Waals surface area contributed by atoms with Crippen molar-refractivity contribution in [2.45, 2.75) is 19.4 Å². The smallest absolute Gasteiger partial charge is 0.0601 e. The number of halogens is 1. The van der Waals surface area contributed by atoms with Crippen LogP contribution in [0.15, 0.2) is 28.1 Å². The van der Waals surface area contributed by atoms with Crippen molar-refractivity contribution in [3.63, 3.8) is 0 Å². The summed E-state index contributed by atoms with van der Waals surface area (Å²) in [6, 6.07) is 6.56. The number of thiophene rings is 2. The maximum absolute atomic E-state index is 5.63. The highest BCUT2D eigenvalue weighted by atomic mass is 79.9. The molecule has 0 saturated carbocycles. The lowest BCUT2D eigenvalue weighted by atomic mass is 10.1. The maximum Gasteiger partial charge on any atom is 0.0601 e. The van der Waals surface area contributed by atoms with Gasteiger partial charge in [-0.25, -0.2) is 0 Å². The number of hydrogen-bond donors (Lipinski definition) is 2. The second kappa shape index (κ2) is 5.42. The van der Waals surface area contributed by atoms with E-state index < -0.39 is 0 Å². The van der Waals surface area contributed by atoms with Gasteiger partial charge in [-0.3, -0.25) is 11.3 Å². The Kier molecular flexibility index (Phi) is 4.16. The number of hydrazine groups is 1. The van der Waals surface area contributed by atoms with Crippen LogP contribution in [-0.2, 0) is 6.42 Å². The van der Waals surface area contributed by atoms with E-state index in [0.29, 0.717) is 0 Å². The minimum atomic E-state index is 0.202. The van der Waals surface area contributed by atoms with Gasteiger partial charge in [0.15, 0.2) is 0 Å². The molecular weight excluding hydrogens is 304 g/mol. The van der Waals surface area contributed by atoms with Crippen molar-refractivity contribution >= 4 is 38.6 Å². The Balaban J connectivity index is 2.15. The lowest BCUT2D eigenvalue weighted by Crippen LogP contribution is -2.28. The molecule has 0 spiro atoms. The molecule has 2 nitrogen and oxygen atoms in total. The van der Waals surface area contributed by atoms with Crippen LogP contribution in [0.3, 0.4) is 0 Å². The lowest BCUT2D eigenvalue weighted by molar-refractivity contribution is 0.563. The predicted octanol–water partition coefficient (Wildman–Crippen LogP) is 3.63. The van der Waals surface area contributed by atoms with Gasteiger partial charge >= 0.3 is 0 Å². The molecule has 1 unspecified atom stereocenters. The third-order valence-electron chi connectivity index (χ3n) is 2.39. The SMILES string of the molecule is Cc1ccc(C(Cc2sccc2Br)NN)s1. The standard InChI is InChI=1S/C11H13BrN2S2/c1-7-2-3-10(16-7)9(14-13)6-11-8(12)4-5-15-11/h2-5,9,14H,6,13H2,1H3. The summed E-state index contributed by atoms with van der Waals surface area (Å²) in [5, 5.41) is 2.09. The molecule has 2 heterocycles. The quantitative estimate of drug-likeness (QED) is 0.667. The summed E-state index contributed by atoms with van der Waals surface area (Å²) < 4.78 is 1.17. The molecule has 86 valence electrons. The van der Waals surface area contributed by atoms with Crippen LogP contribution in [-0.4, -0.2) is 0 Å². The fourth-order valence-electron chi connectivity index (χ4n) is 1.54. The molecule has 0 fully saturated rings. The predicted molar refractivity (Wildman–Crippen MR) is 74.8 cm³/mol. The third-order valence-corrected chi connectivity index (χ3v) is 5.45. The van der Waals surface area contributed by atoms with E-state index in [1.807, 2.05) is 0 Å². The highest BCUT2D eigenvalue weighted by molar-refractivity contribution is 9.10. The molecule has 5 heteroatoms. The molecule has 0 radical (unpaired) electrons. The number of aryl methyl sites for hydroxylation is 1. The summed E-state index contributed by atoms with van der Waals surface area (Å²) in [4.78, 5) is 3.94. The zero-order valence-corrected chi connectivity index (χ0v) is 12.1. The molecule has 0 amide bonds. The van der Waals surface area contributed by atoms with Crippen LogP contribution in [0.25, 0.3) is 0 Å². The van der Waals surface area contributed by atoms with Crippen LogP contribution in [0.1, 0.15) is 20.7 Å². The zero-order chi connectivity index (χ0) is 11.5. The summed E-state index contributed by atoms with van der Waals surface area (Å²) in [6.07, 6.45) is 0.925. The van der Waals surface area contributed by atoms with Gasteiger partial charge < -0.3 is 0 Å². The van der Waals surface area contributed by atoms with Crippen molar-refractivity contribution in [1.29, 1.82) is 0 Å². The van der Waals surface area contributed by atoms with Crippen LogP contribution in [0.5, 0.6) is 0 Å². The number of nitrogens with one attached hydrogen (secondary N) is 1. The molecule has 2 rings (SSSR count). The fourth-order valence-corrected chi connectivity index (χ4v) is 4.04. The first-order valence-corrected chi connectivity index (χ1v) is 7.44. The van der Waals surface area contributed by atoms with Crippen molar-refractivity contribution in [3.05, 3.63) is 42.7 Å². The molecule has 1 atom stereocenters. The van der Waals surface area contributed by atoms with Crippen molar-refractivity contribution in [1.82, 2.24) is 5.43 Å². The highest BCUT2D eigenvalue weighted by Gasteiger charge is 2.14. The van der Waals surface area contributed by atoms with E-state index in [9.17, 15) is 0 Å². The monoisotopic (exact) mass is 316 g/mol. The molecule has 0 aliphatic heterocycles. The van der Waals surface area contributed by atoms with E-state index in [1.165, 1.54) is 19.1 Å². The van der Waals surface area contributed by atoms with Gasteiger partial charge in [-0.15, -0.1) is 22.7 Å². The highest BCUT2D eigenvalue weighted by Crippen LogP contribution is 2.30. The fraction of sp³-hybridized carbons (Fsp3) is 0.273. The second-order valence-electron chi connectivity index (χ2n) is 3.56. The Morgan fingerprint density at radius 3 is 2.75 bits per heavy atom. The Hall–Kier alpha value is -0.200. The maximum atomic E-state index is 5.63. The van der Waals surface area contributed by atoms with Crippen molar-refractivity contribution in [2.75, 3.05) is 0 Å². The van der Waals surface area contributed by atoms with E-state index in [4.69, 9.17) is 5.84 Å². The van der Waals surface area contributed by atoms with Crippen LogP contribution in [0, 0.1) is 6.92 Å². The molecule has 0 aromatic carbocycles. The molecule has 3 N–H and O–H groups in total. The van der Waals surface area contributed by atoms with Crippen molar-refractivity contribution in [2.24, 2.45) is 5.84 Å². The topological polar surface area (TPSA) is 38.0 Å². The first-order chi connectivity index (χ1) is 7.70. The minimum Gasteiger partial charge on any atom is -0.271 e. The lowest BCUT2D eigenvalue weighted by Gasteiger charge is -2.13. The molecule has 0 aliphatic carbocycles. The van der Waals surface area contributed by atoms with E-state index in [1.54, 1.807) is 22.7 Å². The van der Waals surface area contributed by atoms with Gasteiger partial charge in [0, 0.05) is 25.5 Å². The van der Waals surface area contributed by atoms with Gasteiger partial charge in [0.25, 0.3) is 0 Å². The van der Waals surface area contributed by atoms with Crippen LogP contribution < -0.4 is 11.3 Å². The summed E-state index contributed by atoms with van der Waals surface area (Å²) in [5.74, 6) is 5.63. The average molecular weight is 317 g/mol. The van der Waals surface area contributed by atoms with Crippen LogP contribution >= 0.6 is 38.6 Å². The number of nitrogens with two attached hydrogens (primary N) is 1. The van der Waals surface area contributed by atoms with Crippen molar-refractivity contribution in [3.8, 4) is 0 Å². The molecule has 2 aromatic rings. The normalized spacial score (nSPS) is 12.9. The third kappa shape index (κ3) is 2.73. The molecule has 0 aliphatic rings. The van der Waals surface area contributed by atoms with E-state index in [-0.39, 0.29) is 6.04 Å². The van der Waals surface area contributed by atoms with Crippen LogP contribution in [0.2, 0.25) is 0 Å². The Bertz CT molecular complexity index is 464. The van der Waals surface area contributed by atoms with Gasteiger partial charge in [0.1, 0.15) is 0 Å². The van der Waals surface area contributed by atoms with Gasteiger partial charge in [-0.1, -0.05) is 0 Å². The van der Waals surface area contributed by atoms with Gasteiger partial charge in [0.05, 0.1) is 6.04 Å². The minimum absolute atomic E-state index is 0.202. The molecule has 0 saturated heterocycles. The summed E-state index contributed by atoms with van der Waals surface area (Å²) in [6.45, 7) is 2.11. The molecule has 16 heavy (non-hydrogen) atoms. The average Bonchev–Trinajstić information content (AvgIpc) is 2.85. The van der Waals surface area contributed by atoms with Gasteiger partial charge in [-0.05, 0) is 46.4 Å². The van der Waals surface area contributed by atoms with E-state index in [2.05, 4.69) is 51.9 Å². The zero-order valence-electron chi connectivity index (χ0n) is 8.87. The number of hydrogen-bond acceptors (Lipinski definition) is 4. The van der Waals surface area contributed by atoms with E-state index >= 15 is 0 Å². The number of rotatable bonds is 4. The first-order valence-electron chi connectivity index (χ1n) is 4.95. The Morgan fingerprint density at radius 1 is 1.44 bits per heavy atom. The van der Waals surface area contributed by atoms with E-state index in [0.717, 1.165) is 6.42 Å². The van der Waals surface area contributed by atoms with Crippen molar-refractivity contribution < 1.29 is 0 Å². The molecular formula is C11H13BrN2S2. The largest absolute Gasteiger partial charge is 0.271 e. The summed E-state index contributed by atoms with van der Waals surface area (Å²) >= 11 is 7.10. The molecule has 0 bridgehead atoms. The Labute approximate surface area is 112 Å². The second-order valence-corrected chi connectivity index (χ2v) is 6.74. The first kappa shape index (κ1) is 12.3. The summed E-state index contributed by atoms with van der Waals surface area (Å²) in [5.41, 5.74) is 2.89.